The zero-order valence-electron chi connectivity index (χ0n) is 15.7. The molecule has 1 aromatic heterocycles. The van der Waals surface area contributed by atoms with Crippen LogP contribution in [0.1, 0.15) is 62.8 Å². The Balaban J connectivity index is 2.15. The Bertz CT molecular complexity index is 841. The van der Waals surface area contributed by atoms with E-state index >= 15 is 0 Å². The van der Waals surface area contributed by atoms with Gasteiger partial charge in [0, 0.05) is 17.3 Å². The molecule has 1 aliphatic rings. The van der Waals surface area contributed by atoms with Crippen LogP contribution in [0.25, 0.3) is 0 Å². The van der Waals surface area contributed by atoms with E-state index < -0.39 is 5.92 Å². The van der Waals surface area contributed by atoms with Crippen LogP contribution < -0.4 is 5.32 Å². The lowest BCUT2D eigenvalue weighted by Crippen LogP contribution is -2.31. The number of hydrogen-bond donors (Lipinski definition) is 1. The van der Waals surface area contributed by atoms with Crippen LogP contribution in [0.2, 0.25) is 0 Å². The molecule has 0 fully saturated rings. The molecule has 5 heteroatoms. The number of nitrogens with one attached hydrogen (secondary N) is 1. The predicted octanol–water partition coefficient (Wildman–Crippen LogP) is 4.32. The van der Waals surface area contributed by atoms with E-state index in [1.54, 1.807) is 6.92 Å². The number of rotatable bonds is 3. The molecule has 0 amide bonds. The molecule has 0 saturated heterocycles. The van der Waals surface area contributed by atoms with Gasteiger partial charge in [0.25, 0.3) is 0 Å². The molecule has 0 saturated carbocycles. The highest BCUT2D eigenvalue weighted by atomic mass is 16.5. The number of nitrogens with zero attached hydrogens (tertiary/aromatic N) is 2. The quantitative estimate of drug-likeness (QED) is 0.836. The molecule has 26 heavy (non-hydrogen) atoms. The second kappa shape index (κ2) is 6.87. The molecule has 0 unspecified atom stereocenters. The van der Waals surface area contributed by atoms with Gasteiger partial charge in [-0.15, -0.1) is 0 Å². The number of hydrogen-bond acceptors (Lipinski definition) is 4. The number of carbonyl (C=O) groups is 1. The number of carbonyl (C=O) groups excluding carboxylic acids is 1. The Morgan fingerprint density at radius 3 is 2.62 bits per heavy atom. The van der Waals surface area contributed by atoms with E-state index in [9.17, 15) is 10.1 Å². The third-order valence-electron chi connectivity index (χ3n) is 4.79. The summed E-state index contributed by atoms with van der Waals surface area (Å²) in [6.07, 6.45) is 2.41. The number of ether oxygens (including phenoxy) is 1. The SMILES string of the molecule is CCOC(=O)[C@@H]1C[C@@H](c2ccccc2)Nc2c1c(C#N)cn2C(C)(C)C. The summed E-state index contributed by atoms with van der Waals surface area (Å²) in [6.45, 7) is 8.39. The molecule has 0 spiro atoms. The number of anilines is 1. The maximum absolute atomic E-state index is 12.7. The van der Waals surface area contributed by atoms with E-state index in [-0.39, 0.29) is 17.6 Å². The first-order chi connectivity index (χ1) is 12.4. The van der Waals surface area contributed by atoms with Gasteiger partial charge < -0.3 is 14.6 Å². The van der Waals surface area contributed by atoms with Crippen LogP contribution in [-0.4, -0.2) is 17.1 Å². The van der Waals surface area contributed by atoms with Crippen molar-refractivity contribution in [3.63, 3.8) is 0 Å². The highest BCUT2D eigenvalue weighted by Gasteiger charge is 2.39. The van der Waals surface area contributed by atoms with Crippen LogP contribution in [-0.2, 0) is 15.1 Å². The average molecular weight is 351 g/mol. The van der Waals surface area contributed by atoms with Gasteiger partial charge in [-0.3, -0.25) is 4.79 Å². The zero-order valence-corrected chi connectivity index (χ0v) is 15.7. The highest BCUT2D eigenvalue weighted by Crippen LogP contribution is 2.45. The largest absolute Gasteiger partial charge is 0.466 e. The van der Waals surface area contributed by atoms with Crippen molar-refractivity contribution in [2.75, 3.05) is 11.9 Å². The molecule has 3 rings (SSSR count). The van der Waals surface area contributed by atoms with Crippen molar-refractivity contribution >= 4 is 11.8 Å². The number of benzene rings is 1. The summed E-state index contributed by atoms with van der Waals surface area (Å²) >= 11 is 0. The van der Waals surface area contributed by atoms with Gasteiger partial charge in [-0.05, 0) is 39.7 Å². The van der Waals surface area contributed by atoms with Gasteiger partial charge in [-0.25, -0.2) is 0 Å². The first-order valence-electron chi connectivity index (χ1n) is 9.00. The first kappa shape index (κ1) is 18.1. The Morgan fingerprint density at radius 2 is 2.04 bits per heavy atom. The maximum Gasteiger partial charge on any atom is 0.313 e. The van der Waals surface area contributed by atoms with Crippen LogP contribution in [0, 0.1) is 11.3 Å². The Hall–Kier alpha value is -2.74. The Morgan fingerprint density at radius 1 is 1.35 bits per heavy atom. The first-order valence-corrected chi connectivity index (χ1v) is 9.00. The van der Waals surface area contributed by atoms with Crippen molar-refractivity contribution in [2.24, 2.45) is 0 Å². The van der Waals surface area contributed by atoms with Gasteiger partial charge in [-0.2, -0.15) is 5.26 Å². The van der Waals surface area contributed by atoms with E-state index in [1.807, 2.05) is 24.4 Å². The molecule has 0 bridgehead atoms. The lowest BCUT2D eigenvalue weighted by molar-refractivity contribution is -0.145. The van der Waals surface area contributed by atoms with Crippen molar-refractivity contribution in [1.29, 1.82) is 5.26 Å². The molecule has 0 aliphatic carbocycles. The van der Waals surface area contributed by atoms with Crippen molar-refractivity contribution in [3.05, 3.63) is 53.2 Å². The molecule has 1 N–H and O–H groups in total. The van der Waals surface area contributed by atoms with Gasteiger partial charge in [0.1, 0.15) is 11.9 Å². The summed E-state index contributed by atoms with van der Waals surface area (Å²) in [7, 11) is 0. The van der Waals surface area contributed by atoms with Gasteiger partial charge in [0.2, 0.25) is 0 Å². The van der Waals surface area contributed by atoms with Gasteiger partial charge in [0.15, 0.2) is 0 Å². The average Bonchev–Trinajstić information content (AvgIpc) is 3.01. The number of fused-ring (bicyclic) bond motifs is 1. The molecule has 2 atom stereocenters. The third kappa shape index (κ3) is 3.20. The van der Waals surface area contributed by atoms with Gasteiger partial charge in [0.05, 0.1) is 24.1 Å². The fraction of sp³-hybridized carbons (Fsp3) is 0.429. The predicted molar refractivity (Wildman–Crippen MR) is 101 cm³/mol. The minimum absolute atomic E-state index is 0.0133. The topological polar surface area (TPSA) is 67.0 Å². The number of nitriles is 1. The lowest BCUT2D eigenvalue weighted by atomic mass is 9.85. The van der Waals surface area contributed by atoms with Crippen molar-refractivity contribution < 1.29 is 9.53 Å². The van der Waals surface area contributed by atoms with Crippen LogP contribution in [0.15, 0.2) is 36.5 Å². The summed E-state index contributed by atoms with van der Waals surface area (Å²) in [4.78, 5) is 12.7. The monoisotopic (exact) mass is 351 g/mol. The molecule has 2 heterocycles. The summed E-state index contributed by atoms with van der Waals surface area (Å²) in [5, 5.41) is 13.2. The highest BCUT2D eigenvalue weighted by molar-refractivity contribution is 5.83. The van der Waals surface area contributed by atoms with Gasteiger partial charge >= 0.3 is 5.97 Å². The van der Waals surface area contributed by atoms with E-state index in [4.69, 9.17) is 4.74 Å². The van der Waals surface area contributed by atoms with Crippen molar-refractivity contribution in [1.82, 2.24) is 4.57 Å². The van der Waals surface area contributed by atoms with Crippen LogP contribution in [0.3, 0.4) is 0 Å². The second-order valence-electron chi connectivity index (χ2n) is 7.61. The maximum atomic E-state index is 12.7. The van der Waals surface area contributed by atoms with E-state index in [0.29, 0.717) is 18.6 Å². The van der Waals surface area contributed by atoms with Gasteiger partial charge in [-0.1, -0.05) is 30.3 Å². The minimum atomic E-state index is -0.449. The summed E-state index contributed by atoms with van der Waals surface area (Å²) in [6, 6.07) is 12.3. The Kier molecular flexibility index (Phi) is 4.78. The fourth-order valence-electron chi connectivity index (χ4n) is 3.58. The zero-order chi connectivity index (χ0) is 18.9. The molecule has 5 nitrogen and oxygen atoms in total. The molecule has 0 radical (unpaired) electrons. The van der Waals surface area contributed by atoms with E-state index in [2.05, 4.69) is 48.9 Å². The Labute approximate surface area is 154 Å². The second-order valence-corrected chi connectivity index (χ2v) is 7.61. The van der Waals surface area contributed by atoms with Crippen molar-refractivity contribution in [3.8, 4) is 6.07 Å². The molecular weight excluding hydrogens is 326 g/mol. The summed E-state index contributed by atoms with van der Waals surface area (Å²) < 4.78 is 7.39. The third-order valence-corrected chi connectivity index (χ3v) is 4.79. The van der Waals surface area contributed by atoms with E-state index in [0.717, 1.165) is 16.9 Å². The van der Waals surface area contributed by atoms with Crippen molar-refractivity contribution in [2.45, 2.75) is 51.6 Å². The molecule has 1 aliphatic heterocycles. The fourth-order valence-corrected chi connectivity index (χ4v) is 3.58. The lowest BCUT2D eigenvalue weighted by Gasteiger charge is -2.34. The normalized spacial score (nSPS) is 19.2. The minimum Gasteiger partial charge on any atom is -0.466 e. The van der Waals surface area contributed by atoms with Crippen LogP contribution in [0.4, 0.5) is 5.82 Å². The molecular formula is C21H25N3O2. The standard InChI is InChI=1S/C21H25N3O2/c1-5-26-20(25)16-11-17(14-9-7-6-8-10-14)23-19-18(16)15(12-22)13-24(19)21(2,3)4/h6-10,13,16-17,23H,5,11H2,1-4H3/t16-,17+/m1/s1. The van der Waals surface area contributed by atoms with Crippen LogP contribution in [0.5, 0.6) is 0 Å². The van der Waals surface area contributed by atoms with Crippen LogP contribution >= 0.6 is 0 Å². The number of aromatic nitrogens is 1. The summed E-state index contributed by atoms with van der Waals surface area (Å²) in [5.41, 5.74) is 2.19. The summed E-state index contributed by atoms with van der Waals surface area (Å²) in [5.74, 6) is 0.126. The molecule has 1 aromatic carbocycles. The smallest absolute Gasteiger partial charge is 0.313 e. The van der Waals surface area contributed by atoms with E-state index in [1.165, 1.54) is 0 Å². The molecule has 136 valence electrons. The number of esters is 1. The molecule has 2 aromatic rings.